The molecule has 0 unspecified atom stereocenters. The van der Waals surface area contributed by atoms with E-state index in [1.165, 1.54) is 79.9 Å². The molecule has 0 bridgehead atoms. The number of nitrogens with two attached hydrogens (primary N) is 1. The summed E-state index contributed by atoms with van der Waals surface area (Å²) in [5, 5.41) is 52.9. The minimum atomic E-state index is -5.08. The number of phenols is 1. The van der Waals surface area contributed by atoms with Gasteiger partial charge in [-0.1, -0.05) is 0 Å². The molecule has 31 nitrogen and oxygen atoms in total. The van der Waals surface area contributed by atoms with Crippen LogP contribution in [0.2, 0.25) is 0 Å². The van der Waals surface area contributed by atoms with Gasteiger partial charge in [0.05, 0.1) is 70.8 Å². The lowest BCUT2D eigenvalue weighted by molar-refractivity contribution is 0.102. The maximum atomic E-state index is 13.4. The highest BCUT2D eigenvalue weighted by Gasteiger charge is 2.24. The molecular formula is C63H61N11O20S5. The van der Waals surface area contributed by atoms with Crippen molar-refractivity contribution in [3.05, 3.63) is 161 Å². The van der Waals surface area contributed by atoms with E-state index in [0.29, 0.717) is 55.8 Å². The first-order valence-electron chi connectivity index (χ1n) is 29.2. The summed E-state index contributed by atoms with van der Waals surface area (Å²) in [7, 11) is -21.6. The van der Waals surface area contributed by atoms with Gasteiger partial charge in [0.25, 0.3) is 56.5 Å². The van der Waals surface area contributed by atoms with Crippen LogP contribution in [0.3, 0.4) is 0 Å². The lowest BCUT2D eigenvalue weighted by Gasteiger charge is -2.13. The molecule has 9 rings (SSSR count). The van der Waals surface area contributed by atoms with E-state index in [1.807, 2.05) is 0 Å². The Morgan fingerprint density at radius 3 is 1.61 bits per heavy atom. The zero-order valence-electron chi connectivity index (χ0n) is 52.7. The second kappa shape index (κ2) is 29.8. The molecule has 0 saturated heterocycles. The van der Waals surface area contributed by atoms with E-state index >= 15 is 0 Å². The minimum absolute atomic E-state index is 0.0274. The molecular weight excluding hydrogens is 1390 g/mol. The van der Waals surface area contributed by atoms with Gasteiger partial charge in [-0.2, -0.15) is 62.5 Å². The van der Waals surface area contributed by atoms with Crippen LogP contribution in [0.5, 0.6) is 23.0 Å². The summed E-state index contributed by atoms with van der Waals surface area (Å²) in [4.78, 5) is 11.5. The van der Waals surface area contributed by atoms with Crippen LogP contribution < -0.4 is 30.6 Å². The number of anilines is 4. The van der Waals surface area contributed by atoms with Crippen LogP contribution in [0, 0.1) is 27.7 Å². The number of nitrogen functional groups attached to an aromatic ring is 1. The Hall–Kier alpha value is -10.3. The zero-order chi connectivity index (χ0) is 71.9. The molecule has 0 radical (unpaired) electrons. The number of hydrogen-bond acceptors (Lipinski definition) is 25. The highest BCUT2D eigenvalue weighted by Crippen LogP contribution is 2.45. The molecule has 0 atom stereocenters. The van der Waals surface area contributed by atoms with Crippen LogP contribution in [-0.2, 0) is 50.6 Å². The molecule has 9 aromatic rings. The number of carbonyl (C=O) groups is 1. The van der Waals surface area contributed by atoms with Crippen molar-refractivity contribution in [2.75, 3.05) is 48.2 Å². The second-order valence-electron chi connectivity index (χ2n) is 22.1. The summed E-state index contributed by atoms with van der Waals surface area (Å²) < 4.78 is 184. The maximum absolute atomic E-state index is 13.4. The van der Waals surface area contributed by atoms with Crippen LogP contribution in [0.15, 0.2) is 189 Å². The number of benzene rings is 9. The van der Waals surface area contributed by atoms with Gasteiger partial charge < -0.3 is 35.7 Å². The van der Waals surface area contributed by atoms with Crippen molar-refractivity contribution in [3.63, 3.8) is 0 Å². The van der Waals surface area contributed by atoms with E-state index in [9.17, 15) is 70.2 Å². The molecule has 1 amide bonds. The monoisotopic (exact) mass is 1450 g/mol. The first kappa shape index (κ1) is 73.0. The molecule has 0 saturated carbocycles. The molecule has 0 aliphatic heterocycles. The number of ether oxygens (including phenoxy) is 3. The first-order chi connectivity index (χ1) is 46.5. The standard InChI is InChI=1S/C63H61N11O20S5/c1-35-25-53(72-74-61-59(99(89,90)91)30-41-28-43(14-17-49(41)62(61)75)65-45-15-18-50(64)58(31-45)98(86,87)88)56(92-5)33-51(35)69-71-54-26-36(2)52(34-57(54)94-20-8-22-96(80,81)82)70-73-60-37(3)23-46(24-38(60)4)68-67-42-11-9-39(10-12-42)63(76)66-44-13-16-48-40(27-44)29-47(97(83,84)85)32-55(48)93-19-6-7-21-95(77,78)79/h9-18,23-34,65,75H,6-8,19-22,64H2,1-5H3,(H,66,76)(H,77,78,79)(H,80,81,82)(H,83,84,85)(H,86,87,88)(H,89,90,91). The summed E-state index contributed by atoms with van der Waals surface area (Å²) in [5.41, 5.74) is 10.3. The summed E-state index contributed by atoms with van der Waals surface area (Å²) in [5.74, 6) is -2.04. The number of nitrogens with one attached hydrogen (secondary N) is 2. The third-order valence-corrected chi connectivity index (χ3v) is 18.9. The van der Waals surface area contributed by atoms with Crippen molar-refractivity contribution >= 4 is 146 Å². The van der Waals surface area contributed by atoms with Crippen molar-refractivity contribution in [3.8, 4) is 23.0 Å². The Balaban J connectivity index is 0.894. The van der Waals surface area contributed by atoms with Crippen LogP contribution in [0.1, 0.15) is 51.9 Å². The number of methoxy groups -OCH3 is 1. The fourth-order valence-electron chi connectivity index (χ4n) is 9.81. The predicted molar refractivity (Wildman–Crippen MR) is 367 cm³/mol. The van der Waals surface area contributed by atoms with Crippen LogP contribution in [0.4, 0.5) is 68.2 Å². The molecule has 99 heavy (non-hydrogen) atoms. The summed E-state index contributed by atoms with van der Waals surface area (Å²) in [6.45, 7) is 6.75. The van der Waals surface area contributed by atoms with E-state index in [0.717, 1.165) is 18.2 Å². The van der Waals surface area contributed by atoms with Gasteiger partial charge in [-0.05, 0) is 195 Å². The van der Waals surface area contributed by atoms with Gasteiger partial charge in [-0.15, -0.1) is 20.5 Å². The molecule has 9 aromatic carbocycles. The fourth-order valence-corrected chi connectivity index (χ4v) is 12.7. The summed E-state index contributed by atoms with van der Waals surface area (Å²) in [6, 6.07) is 31.7. The zero-order valence-corrected chi connectivity index (χ0v) is 56.8. The van der Waals surface area contributed by atoms with Gasteiger partial charge in [0.1, 0.15) is 44.1 Å². The molecule has 0 aliphatic rings. The topological polar surface area (TPSA) is 486 Å². The van der Waals surface area contributed by atoms with Gasteiger partial charge >= 0.3 is 0 Å². The van der Waals surface area contributed by atoms with Crippen LogP contribution in [0.25, 0.3) is 21.5 Å². The van der Waals surface area contributed by atoms with E-state index in [-0.39, 0.29) is 106 Å². The number of hydrogen-bond donors (Lipinski definition) is 9. The number of carbonyl (C=O) groups excluding carboxylic acids is 1. The van der Waals surface area contributed by atoms with Crippen LogP contribution in [-0.4, -0.2) is 108 Å². The van der Waals surface area contributed by atoms with Gasteiger partial charge in [-0.25, -0.2) is 0 Å². The normalized spacial score (nSPS) is 12.6. The number of fused-ring (bicyclic) bond motifs is 2. The minimum Gasteiger partial charge on any atom is -0.505 e. The van der Waals surface area contributed by atoms with Crippen molar-refractivity contribution in [2.24, 2.45) is 40.9 Å². The molecule has 0 aliphatic carbocycles. The van der Waals surface area contributed by atoms with Gasteiger partial charge in [0.2, 0.25) is 0 Å². The Kier molecular flexibility index (Phi) is 22.0. The third-order valence-electron chi connectivity index (χ3n) is 14.7. The summed E-state index contributed by atoms with van der Waals surface area (Å²) >= 11 is 0. The van der Waals surface area contributed by atoms with Crippen LogP contribution >= 0.6 is 0 Å². The molecule has 0 spiro atoms. The highest BCUT2D eigenvalue weighted by atomic mass is 32.2. The lowest BCUT2D eigenvalue weighted by atomic mass is 10.1. The second-order valence-corrected chi connectivity index (χ2v) is 29.5. The Bertz CT molecular complexity index is 5410. The van der Waals surface area contributed by atoms with Gasteiger partial charge in [0, 0.05) is 51.6 Å². The number of azo groups is 4. The molecule has 10 N–H and O–H groups in total. The van der Waals surface area contributed by atoms with E-state index in [2.05, 4.69) is 51.5 Å². The van der Waals surface area contributed by atoms with Crippen molar-refractivity contribution in [1.82, 2.24) is 0 Å². The predicted octanol–water partition coefficient (Wildman–Crippen LogP) is 14.6. The Morgan fingerprint density at radius 1 is 0.455 bits per heavy atom. The average molecular weight is 1450 g/mol. The Morgan fingerprint density at radius 2 is 0.970 bits per heavy atom. The maximum Gasteiger partial charge on any atom is 0.296 e. The molecule has 36 heteroatoms. The van der Waals surface area contributed by atoms with Crippen molar-refractivity contribution in [2.45, 2.75) is 61.6 Å². The number of unbranched alkanes of at least 4 members (excludes halogenated alkanes) is 1. The molecule has 0 aromatic heterocycles. The lowest BCUT2D eigenvalue weighted by Crippen LogP contribution is -2.11. The van der Waals surface area contributed by atoms with Crippen molar-refractivity contribution in [1.29, 1.82) is 0 Å². The number of aromatic hydroxyl groups is 1. The van der Waals surface area contributed by atoms with Gasteiger partial charge in [0.15, 0.2) is 5.75 Å². The number of aryl methyl sites for hydroxylation is 4. The van der Waals surface area contributed by atoms with E-state index in [1.54, 1.807) is 70.2 Å². The summed E-state index contributed by atoms with van der Waals surface area (Å²) in [6.07, 6.45) is 0.184. The quantitative estimate of drug-likeness (QED) is 0.00999. The number of nitrogens with zero attached hydrogens (tertiary/aromatic N) is 8. The largest absolute Gasteiger partial charge is 0.505 e. The SMILES string of the molecule is COc1cc(N=Nc2cc(C)c(N=Nc3c(C)cc(N=Nc4ccc(C(=O)Nc5ccc6c(OCCCCS(=O)(=O)O)cc(S(=O)(=O)O)cc6c5)cc4)cc3C)cc2OCCCS(=O)(=O)O)c(C)cc1N=Nc1c(S(=O)(=O)O)cc2cc(Nc3ccc(N)c(S(=O)(=O)O)c3)ccc2c1O. The molecule has 518 valence electrons. The molecule has 0 fully saturated rings. The highest BCUT2D eigenvalue weighted by molar-refractivity contribution is 7.86. The Labute approximate surface area is 567 Å². The average Bonchev–Trinajstić information content (AvgIpc) is 0.733. The van der Waals surface area contributed by atoms with E-state index in [4.69, 9.17) is 24.5 Å². The number of amides is 1. The van der Waals surface area contributed by atoms with E-state index < -0.39 is 94.1 Å². The van der Waals surface area contributed by atoms with Crippen molar-refractivity contribution < 1.29 is 89.0 Å². The van der Waals surface area contributed by atoms with Gasteiger partial charge in [-0.3, -0.25) is 27.6 Å². The third kappa shape index (κ3) is 19.1. The first-order valence-corrected chi connectivity index (χ1v) is 36.7. The fraction of sp³-hybridized carbons (Fsp3) is 0.190. The molecule has 0 heterocycles. The number of phenolic OH excluding ortho intramolecular Hbond substituents is 1. The number of rotatable bonds is 27. The smallest absolute Gasteiger partial charge is 0.296 e.